The molecule has 0 saturated heterocycles. The van der Waals surface area contributed by atoms with Gasteiger partial charge in [-0.3, -0.25) is 4.79 Å². The van der Waals surface area contributed by atoms with Gasteiger partial charge in [0.1, 0.15) is 0 Å². The van der Waals surface area contributed by atoms with Gasteiger partial charge >= 0.3 is 0 Å². The second-order valence-corrected chi connectivity index (χ2v) is 5.13. The molecule has 0 aliphatic carbocycles. The van der Waals surface area contributed by atoms with Crippen molar-refractivity contribution in [2.24, 2.45) is 0 Å². The van der Waals surface area contributed by atoms with Crippen molar-refractivity contribution in [3.8, 4) is 17.3 Å². The third-order valence-electron chi connectivity index (χ3n) is 3.63. The topological polar surface area (TPSA) is 56.1 Å². The van der Waals surface area contributed by atoms with E-state index in [9.17, 15) is 4.79 Å². The summed E-state index contributed by atoms with van der Waals surface area (Å²) in [6.45, 7) is 2.72. The highest BCUT2D eigenvalue weighted by Gasteiger charge is 2.23. The van der Waals surface area contributed by atoms with Crippen LogP contribution >= 0.6 is 0 Å². The van der Waals surface area contributed by atoms with Crippen molar-refractivity contribution < 1.29 is 4.79 Å². The normalized spacial score (nSPS) is 12.7. The Morgan fingerprint density at radius 1 is 1.19 bits per heavy atom. The van der Waals surface area contributed by atoms with Crippen molar-refractivity contribution in [2.45, 2.75) is 20.0 Å². The Hall–Kier alpha value is -2.80. The zero-order valence-electron chi connectivity index (χ0n) is 11.8. The molecule has 21 heavy (non-hydrogen) atoms. The zero-order valence-corrected chi connectivity index (χ0v) is 11.8. The first-order valence-electron chi connectivity index (χ1n) is 6.81. The second kappa shape index (κ2) is 5.29. The molecule has 1 N–H and O–H groups in total. The number of carbonyl (C=O) groups excluding carboxylic acids is 1. The summed E-state index contributed by atoms with van der Waals surface area (Å²) in [7, 11) is 0. The highest BCUT2D eigenvalue weighted by Crippen LogP contribution is 2.38. The number of nitriles is 1. The first kappa shape index (κ1) is 13.2. The fourth-order valence-electron chi connectivity index (χ4n) is 2.77. The van der Waals surface area contributed by atoms with E-state index in [4.69, 9.17) is 5.26 Å². The van der Waals surface area contributed by atoms with Gasteiger partial charge in [0, 0.05) is 18.2 Å². The van der Waals surface area contributed by atoms with E-state index in [2.05, 4.69) is 11.5 Å². The molecule has 2 aromatic carbocycles. The lowest BCUT2D eigenvalue weighted by molar-refractivity contribution is -0.114. The van der Waals surface area contributed by atoms with Crippen LogP contribution in [0.15, 0.2) is 42.5 Å². The third kappa shape index (κ3) is 2.46. The molecule has 2 aromatic rings. The molecule has 0 aromatic heterocycles. The average molecular weight is 277 g/mol. The van der Waals surface area contributed by atoms with Crippen molar-refractivity contribution in [1.29, 1.82) is 5.26 Å². The number of nitrogens with zero attached hydrogens (tertiary/aromatic N) is 2. The van der Waals surface area contributed by atoms with E-state index in [-0.39, 0.29) is 5.91 Å². The second-order valence-electron chi connectivity index (χ2n) is 5.13. The highest BCUT2D eigenvalue weighted by atomic mass is 16.1. The SMILES string of the molecule is CC(=O)Nc1ccc2c(c1-c1ccccc1)CN(C#N)C2. The molecule has 1 aliphatic heterocycles. The summed E-state index contributed by atoms with van der Waals surface area (Å²) in [5.41, 5.74) is 5.13. The molecular formula is C17H15N3O. The van der Waals surface area contributed by atoms with Crippen LogP contribution in [0.5, 0.6) is 0 Å². The first-order chi connectivity index (χ1) is 10.2. The summed E-state index contributed by atoms with van der Waals surface area (Å²) in [4.78, 5) is 13.2. The number of benzene rings is 2. The predicted molar refractivity (Wildman–Crippen MR) is 81.0 cm³/mol. The van der Waals surface area contributed by atoms with E-state index in [0.717, 1.165) is 27.9 Å². The molecule has 0 bridgehead atoms. The number of fused-ring (bicyclic) bond motifs is 1. The molecule has 1 amide bonds. The largest absolute Gasteiger partial charge is 0.326 e. The number of hydrogen-bond donors (Lipinski definition) is 1. The Bertz CT molecular complexity index is 732. The van der Waals surface area contributed by atoms with Gasteiger partial charge < -0.3 is 10.2 Å². The Labute approximate surface area is 123 Å². The number of hydrogen-bond acceptors (Lipinski definition) is 3. The lowest BCUT2D eigenvalue weighted by Crippen LogP contribution is -2.09. The molecular weight excluding hydrogens is 262 g/mol. The summed E-state index contributed by atoms with van der Waals surface area (Å²) in [6.07, 6.45) is 2.20. The number of carbonyl (C=O) groups is 1. The Balaban J connectivity index is 2.17. The summed E-state index contributed by atoms with van der Waals surface area (Å²) >= 11 is 0. The minimum Gasteiger partial charge on any atom is -0.326 e. The monoisotopic (exact) mass is 277 g/mol. The molecule has 1 heterocycles. The van der Waals surface area contributed by atoms with Gasteiger partial charge in [0.25, 0.3) is 0 Å². The minimum absolute atomic E-state index is 0.0951. The number of nitrogens with one attached hydrogen (secondary N) is 1. The van der Waals surface area contributed by atoms with Gasteiger partial charge in [0.05, 0.1) is 13.1 Å². The van der Waals surface area contributed by atoms with Gasteiger partial charge in [0.15, 0.2) is 6.19 Å². The van der Waals surface area contributed by atoms with E-state index in [1.54, 1.807) is 4.90 Å². The van der Waals surface area contributed by atoms with Gasteiger partial charge in [-0.1, -0.05) is 36.4 Å². The van der Waals surface area contributed by atoms with Crippen LogP contribution < -0.4 is 5.32 Å². The third-order valence-corrected chi connectivity index (χ3v) is 3.63. The fourth-order valence-corrected chi connectivity index (χ4v) is 2.77. The predicted octanol–water partition coefficient (Wildman–Crippen LogP) is 3.11. The quantitative estimate of drug-likeness (QED) is 0.858. The molecule has 0 radical (unpaired) electrons. The van der Waals surface area contributed by atoms with Gasteiger partial charge in [-0.2, -0.15) is 5.26 Å². The molecule has 0 atom stereocenters. The molecule has 0 unspecified atom stereocenters. The van der Waals surface area contributed by atoms with Crippen molar-refractivity contribution >= 4 is 11.6 Å². The maximum absolute atomic E-state index is 11.4. The summed E-state index contributed by atoms with van der Waals surface area (Å²) in [5.74, 6) is -0.0951. The van der Waals surface area contributed by atoms with Crippen LogP contribution in [0.3, 0.4) is 0 Å². The number of rotatable bonds is 2. The summed E-state index contributed by atoms with van der Waals surface area (Å²) < 4.78 is 0. The smallest absolute Gasteiger partial charge is 0.221 e. The average Bonchev–Trinajstić information content (AvgIpc) is 2.90. The molecule has 4 nitrogen and oxygen atoms in total. The zero-order chi connectivity index (χ0) is 14.8. The maximum atomic E-state index is 11.4. The Morgan fingerprint density at radius 3 is 2.62 bits per heavy atom. The van der Waals surface area contributed by atoms with Crippen molar-refractivity contribution in [3.05, 3.63) is 53.6 Å². The van der Waals surface area contributed by atoms with Crippen molar-refractivity contribution in [3.63, 3.8) is 0 Å². The van der Waals surface area contributed by atoms with E-state index in [1.807, 2.05) is 42.5 Å². The Kier molecular flexibility index (Phi) is 3.33. The standard InChI is InChI=1S/C17H15N3O/c1-12(21)19-16-8-7-14-9-20(11-18)10-15(14)17(16)13-5-3-2-4-6-13/h2-8H,9-10H2,1H3,(H,19,21). The summed E-state index contributed by atoms with van der Waals surface area (Å²) in [5, 5.41) is 12.0. The molecule has 4 heteroatoms. The molecule has 3 rings (SSSR count). The van der Waals surface area contributed by atoms with Crippen LogP contribution in [-0.2, 0) is 17.9 Å². The van der Waals surface area contributed by atoms with Crippen LogP contribution in [0.1, 0.15) is 18.1 Å². The van der Waals surface area contributed by atoms with Gasteiger partial charge in [-0.15, -0.1) is 0 Å². The molecule has 0 saturated carbocycles. The van der Waals surface area contributed by atoms with Crippen molar-refractivity contribution in [1.82, 2.24) is 4.90 Å². The highest BCUT2D eigenvalue weighted by molar-refractivity contribution is 5.95. The number of amides is 1. The molecule has 1 aliphatic rings. The van der Waals surface area contributed by atoms with E-state index in [1.165, 1.54) is 6.92 Å². The number of anilines is 1. The molecule has 104 valence electrons. The van der Waals surface area contributed by atoms with E-state index in [0.29, 0.717) is 13.1 Å². The lowest BCUT2D eigenvalue weighted by atomic mass is 9.95. The van der Waals surface area contributed by atoms with Gasteiger partial charge in [0.2, 0.25) is 5.91 Å². The van der Waals surface area contributed by atoms with Crippen LogP contribution in [0.2, 0.25) is 0 Å². The van der Waals surface area contributed by atoms with E-state index >= 15 is 0 Å². The van der Waals surface area contributed by atoms with Crippen LogP contribution in [-0.4, -0.2) is 10.8 Å². The summed E-state index contributed by atoms with van der Waals surface area (Å²) in [6, 6.07) is 13.9. The van der Waals surface area contributed by atoms with Crippen molar-refractivity contribution in [2.75, 3.05) is 5.32 Å². The molecule has 0 fully saturated rings. The lowest BCUT2D eigenvalue weighted by Gasteiger charge is -2.14. The van der Waals surface area contributed by atoms with E-state index < -0.39 is 0 Å². The maximum Gasteiger partial charge on any atom is 0.221 e. The fraction of sp³-hybridized carbons (Fsp3) is 0.176. The van der Waals surface area contributed by atoms with Crippen LogP contribution in [0.4, 0.5) is 5.69 Å². The van der Waals surface area contributed by atoms with Gasteiger partial charge in [-0.05, 0) is 22.8 Å². The minimum atomic E-state index is -0.0951. The van der Waals surface area contributed by atoms with Crippen LogP contribution in [0.25, 0.3) is 11.1 Å². The molecule has 0 spiro atoms. The van der Waals surface area contributed by atoms with Gasteiger partial charge in [-0.25, -0.2) is 0 Å². The van der Waals surface area contributed by atoms with Crippen LogP contribution in [0, 0.1) is 11.5 Å². The first-order valence-corrected chi connectivity index (χ1v) is 6.81. The Morgan fingerprint density at radius 2 is 1.95 bits per heavy atom.